The first kappa shape index (κ1) is 38.2. The number of Topliss-reactive ketones (excluding diaryl/α,β-unsaturated/α-hetero) is 1. The van der Waals surface area contributed by atoms with E-state index in [0.717, 1.165) is 39.3 Å². The lowest BCUT2D eigenvalue weighted by molar-refractivity contribution is -0.157. The maximum Gasteiger partial charge on any atom is 0.356 e. The molecule has 0 aliphatic carbocycles. The number of ether oxygens (including phenoxy) is 1. The highest BCUT2D eigenvalue weighted by atomic mass is 32.2. The highest BCUT2D eigenvalue weighted by molar-refractivity contribution is 8.00. The monoisotopic (exact) mass is 805 g/mol. The van der Waals surface area contributed by atoms with Crippen molar-refractivity contribution in [3.8, 4) is 0 Å². The maximum absolute atomic E-state index is 14.4. The number of oxime groups is 1. The number of fused-ring (bicyclic) bond motifs is 1. The highest BCUT2D eigenvalue weighted by Gasteiger charge is 2.55. The Morgan fingerprint density at radius 3 is 1.78 bits per heavy atom. The fourth-order valence-corrected chi connectivity index (χ4v) is 9.03. The van der Waals surface area contributed by atoms with Crippen molar-refractivity contribution in [2.24, 2.45) is 11.1 Å². The van der Waals surface area contributed by atoms with Crippen LogP contribution in [0.3, 0.4) is 0 Å². The predicted molar refractivity (Wildman–Crippen MR) is 221 cm³/mol. The number of aromatic nitrogens is 2. The van der Waals surface area contributed by atoms with Gasteiger partial charge in [-0.15, -0.1) is 11.8 Å². The molecular formula is C45H35N5O6S2. The number of ketones is 1. The molecule has 0 unspecified atom stereocenters. The van der Waals surface area contributed by atoms with Gasteiger partial charge in [0.15, 0.2) is 22.7 Å². The average molecular weight is 806 g/mol. The Labute approximate surface area is 342 Å². The van der Waals surface area contributed by atoms with E-state index in [0.29, 0.717) is 6.29 Å². The van der Waals surface area contributed by atoms with Gasteiger partial charge in [0.05, 0.1) is 11.3 Å². The summed E-state index contributed by atoms with van der Waals surface area (Å²) in [4.78, 5) is 67.0. The van der Waals surface area contributed by atoms with Crippen LogP contribution in [0.2, 0.25) is 0 Å². The molecule has 8 rings (SSSR count). The summed E-state index contributed by atoms with van der Waals surface area (Å²) in [5, 5.41) is 4.02. The molecule has 1 fully saturated rings. The van der Waals surface area contributed by atoms with E-state index in [1.165, 1.54) is 16.7 Å². The Morgan fingerprint density at radius 1 is 0.810 bits per heavy atom. The van der Waals surface area contributed by atoms with E-state index < -0.39 is 40.7 Å². The molecule has 2 atom stereocenters. The molecular weight excluding hydrogens is 771 g/mol. The summed E-state index contributed by atoms with van der Waals surface area (Å²) < 4.78 is 10.4. The Bertz CT molecular complexity index is 2360. The van der Waals surface area contributed by atoms with E-state index in [1.807, 2.05) is 152 Å². The van der Waals surface area contributed by atoms with Gasteiger partial charge in [0, 0.05) is 46.0 Å². The van der Waals surface area contributed by atoms with E-state index in [1.54, 1.807) is 0 Å². The maximum atomic E-state index is 14.4. The van der Waals surface area contributed by atoms with Crippen LogP contribution in [0.5, 0.6) is 0 Å². The summed E-state index contributed by atoms with van der Waals surface area (Å²) in [6, 6.07) is 47.0. The highest BCUT2D eigenvalue weighted by Crippen LogP contribution is 2.46. The molecule has 288 valence electrons. The molecule has 2 N–H and O–H groups in total. The lowest BCUT2D eigenvalue weighted by atomic mass is 9.80. The summed E-state index contributed by atoms with van der Waals surface area (Å²) in [6.07, 6.45) is -0.535. The van der Waals surface area contributed by atoms with Crippen molar-refractivity contribution in [3.63, 3.8) is 0 Å². The van der Waals surface area contributed by atoms with Gasteiger partial charge in [0.25, 0.3) is 0 Å². The molecule has 0 bridgehead atoms. The third kappa shape index (κ3) is 7.33. The number of rotatable bonds is 14. The second-order valence-electron chi connectivity index (χ2n) is 13.5. The molecule has 0 spiro atoms. The third-order valence-corrected chi connectivity index (χ3v) is 11.9. The number of aldehydes is 1. The van der Waals surface area contributed by atoms with Gasteiger partial charge >= 0.3 is 5.97 Å². The lowest BCUT2D eigenvalue weighted by Gasteiger charge is -2.49. The van der Waals surface area contributed by atoms with Gasteiger partial charge in [0.1, 0.15) is 12.0 Å². The summed E-state index contributed by atoms with van der Waals surface area (Å²) in [7, 11) is 0. The van der Waals surface area contributed by atoms with Crippen molar-refractivity contribution >= 4 is 58.1 Å². The number of β-lactam (4-membered cyclic amide) rings is 1. The van der Waals surface area contributed by atoms with Crippen LogP contribution < -0.4 is 5.73 Å². The molecule has 1 saturated heterocycles. The van der Waals surface area contributed by atoms with E-state index >= 15 is 0 Å². The molecule has 0 radical (unpaired) electrons. The predicted octanol–water partition coefficient (Wildman–Crippen LogP) is 7.11. The Balaban J connectivity index is 1.10. The van der Waals surface area contributed by atoms with Crippen LogP contribution in [0, 0.1) is 5.92 Å². The van der Waals surface area contributed by atoms with E-state index in [4.69, 9.17) is 15.3 Å². The van der Waals surface area contributed by atoms with Gasteiger partial charge < -0.3 is 15.3 Å². The van der Waals surface area contributed by atoms with Crippen molar-refractivity contribution < 1.29 is 28.8 Å². The fraction of sp³-hybridized carbons (Fsp3) is 0.133. The van der Waals surface area contributed by atoms with Crippen LogP contribution in [0.1, 0.15) is 46.2 Å². The van der Waals surface area contributed by atoms with E-state index in [9.17, 15) is 19.2 Å². The standard InChI is InChI=1S/C45H35N5O6S2/c46-44-47-40(49-58-44)37(48-56-45(32-20-10-3-11-21-32,33-22-12-4-13-23-33)34-24-14-5-15-25-34)36(52)26-35-41(53)50-38(31(27-51)28-57-42(35)50)43(54)55-39(29-16-6-1-7-17-29)30-18-8-2-9-19-30/h1-25,27,35,39,42H,26,28H2,(H2,46,47,49)/b48-37+/t35-,42-/m1/s1. The smallest absolute Gasteiger partial charge is 0.356 e. The number of thioether (sulfide) groups is 1. The summed E-state index contributed by atoms with van der Waals surface area (Å²) >= 11 is 2.18. The summed E-state index contributed by atoms with van der Waals surface area (Å²) in [6.45, 7) is 0. The van der Waals surface area contributed by atoms with Crippen molar-refractivity contribution in [1.29, 1.82) is 0 Å². The van der Waals surface area contributed by atoms with Crippen LogP contribution in [0.4, 0.5) is 5.13 Å². The third-order valence-electron chi connectivity index (χ3n) is 10.0. The quantitative estimate of drug-likeness (QED) is 0.0301. The first-order valence-electron chi connectivity index (χ1n) is 18.4. The minimum absolute atomic E-state index is 0.0456. The zero-order valence-electron chi connectivity index (χ0n) is 30.8. The number of esters is 1. The zero-order chi connectivity index (χ0) is 40.1. The Hall–Kier alpha value is -6.70. The number of carbonyl (C=O) groups is 4. The fourth-order valence-electron chi connectivity index (χ4n) is 7.24. The van der Waals surface area contributed by atoms with Crippen molar-refractivity contribution in [2.45, 2.75) is 23.5 Å². The largest absolute Gasteiger partial charge is 0.448 e. The molecule has 11 nitrogen and oxygen atoms in total. The number of nitrogens with two attached hydrogens (primary N) is 1. The van der Waals surface area contributed by atoms with Gasteiger partial charge in [-0.05, 0) is 11.1 Å². The summed E-state index contributed by atoms with van der Waals surface area (Å²) in [5.41, 5.74) is 8.13. The van der Waals surface area contributed by atoms with Crippen LogP contribution in [-0.4, -0.2) is 55.0 Å². The SMILES string of the molecule is Nc1nc(/C(=N/OC(c2ccccc2)(c2ccccc2)c2ccccc2)C(=O)C[C@@H]2C(=O)N3C(C(=O)OC(c4ccccc4)c4ccccc4)=C(C=O)CS[C@H]23)ns1. The molecule has 2 aliphatic heterocycles. The van der Waals surface area contributed by atoms with Crippen LogP contribution >= 0.6 is 23.3 Å². The molecule has 1 amide bonds. The second-order valence-corrected chi connectivity index (χ2v) is 15.4. The molecule has 13 heteroatoms. The van der Waals surface area contributed by atoms with Crippen molar-refractivity contribution in [1.82, 2.24) is 14.3 Å². The topological polar surface area (TPSA) is 154 Å². The Morgan fingerprint density at radius 2 is 1.31 bits per heavy atom. The first-order valence-corrected chi connectivity index (χ1v) is 20.2. The minimum Gasteiger partial charge on any atom is -0.448 e. The number of benzene rings is 5. The number of nitrogen functional groups attached to an aromatic ring is 1. The van der Waals surface area contributed by atoms with Gasteiger partial charge in [0.2, 0.25) is 17.3 Å². The lowest BCUT2D eigenvalue weighted by Crippen LogP contribution is -2.62. The van der Waals surface area contributed by atoms with Crippen LogP contribution in [0.25, 0.3) is 0 Å². The number of nitrogens with zero attached hydrogens (tertiary/aromatic N) is 4. The molecule has 58 heavy (non-hydrogen) atoms. The van der Waals surface area contributed by atoms with Gasteiger partial charge in [-0.1, -0.05) is 157 Å². The van der Waals surface area contributed by atoms with Crippen molar-refractivity contribution in [2.75, 3.05) is 11.5 Å². The number of hydrogen-bond acceptors (Lipinski definition) is 12. The number of carbonyl (C=O) groups excluding carboxylic acids is 4. The van der Waals surface area contributed by atoms with Crippen LogP contribution in [0.15, 0.2) is 168 Å². The second kappa shape index (κ2) is 16.8. The van der Waals surface area contributed by atoms with Crippen LogP contribution in [-0.2, 0) is 34.4 Å². The minimum atomic E-state index is -1.32. The number of hydrogen-bond donors (Lipinski definition) is 1. The Kier molecular flexibility index (Phi) is 11.1. The molecule has 0 saturated carbocycles. The molecule has 1 aromatic heterocycles. The molecule has 3 heterocycles. The normalized spacial score (nSPS) is 16.7. The molecule has 2 aliphatic rings. The van der Waals surface area contributed by atoms with E-state index in [-0.39, 0.29) is 40.1 Å². The number of anilines is 1. The van der Waals surface area contributed by atoms with E-state index in [2.05, 4.69) is 14.5 Å². The van der Waals surface area contributed by atoms with Gasteiger partial charge in [-0.25, -0.2) is 4.79 Å². The molecule has 5 aromatic carbocycles. The van der Waals surface area contributed by atoms with Gasteiger partial charge in [-0.3, -0.25) is 19.3 Å². The molecule has 6 aromatic rings. The zero-order valence-corrected chi connectivity index (χ0v) is 32.4. The van der Waals surface area contributed by atoms with Crippen molar-refractivity contribution in [3.05, 3.63) is 197 Å². The first-order chi connectivity index (χ1) is 28.4. The average Bonchev–Trinajstić information content (AvgIpc) is 3.72. The van der Waals surface area contributed by atoms with Gasteiger partial charge in [-0.2, -0.15) is 9.36 Å². The number of amides is 1. The summed E-state index contributed by atoms with van der Waals surface area (Å²) in [5.74, 6) is -2.67.